The number of benzene rings is 1. The molecule has 5 rings (SSSR count). The fraction of sp³-hybridized carbons (Fsp3) is 0.308. The molecule has 0 saturated carbocycles. The molecule has 192 valence electrons. The first-order valence-electron chi connectivity index (χ1n) is 11.7. The lowest BCUT2D eigenvalue weighted by Gasteiger charge is -2.31. The van der Waals surface area contributed by atoms with Gasteiger partial charge in [0.15, 0.2) is 11.4 Å². The van der Waals surface area contributed by atoms with Crippen molar-refractivity contribution in [2.45, 2.75) is 18.9 Å². The van der Waals surface area contributed by atoms with E-state index in [4.69, 9.17) is 42.4 Å². The van der Waals surface area contributed by atoms with E-state index in [2.05, 4.69) is 21.9 Å². The van der Waals surface area contributed by atoms with Crippen molar-refractivity contribution in [3.8, 4) is 22.6 Å². The summed E-state index contributed by atoms with van der Waals surface area (Å²) in [6, 6.07) is 3.43. The third kappa shape index (κ3) is 4.70. The van der Waals surface area contributed by atoms with Gasteiger partial charge >= 0.3 is 0 Å². The number of ketones is 1. The SMILES string of the molecule is C=CC(=O)C[C@H]1CCOC[C@H]1Nc1ncc2cc(-c3c(Cl)c(OC)cc(OC)c3Cl)c3nccn3c2n1. The third-order valence-electron chi connectivity index (χ3n) is 6.55. The van der Waals surface area contributed by atoms with Crippen molar-refractivity contribution < 1.29 is 19.0 Å². The minimum absolute atomic E-state index is 0.0114. The number of carbonyl (C=O) groups excluding carboxylic acids is 1. The molecule has 0 bridgehead atoms. The van der Waals surface area contributed by atoms with E-state index in [0.29, 0.717) is 69.5 Å². The van der Waals surface area contributed by atoms with Gasteiger partial charge in [0.25, 0.3) is 0 Å². The fourth-order valence-electron chi connectivity index (χ4n) is 4.64. The molecule has 1 fully saturated rings. The minimum Gasteiger partial charge on any atom is -0.495 e. The van der Waals surface area contributed by atoms with Gasteiger partial charge in [0.2, 0.25) is 5.95 Å². The van der Waals surface area contributed by atoms with Gasteiger partial charge in [0, 0.05) is 54.2 Å². The number of hydrogen-bond donors (Lipinski definition) is 1. The average Bonchev–Trinajstić information content (AvgIpc) is 3.41. The number of rotatable bonds is 8. The molecule has 4 heterocycles. The zero-order valence-electron chi connectivity index (χ0n) is 20.3. The largest absolute Gasteiger partial charge is 0.495 e. The van der Waals surface area contributed by atoms with Crippen LogP contribution in [-0.2, 0) is 9.53 Å². The highest BCUT2D eigenvalue weighted by Crippen LogP contribution is 2.47. The number of allylic oxidation sites excluding steroid dienone is 1. The zero-order chi connectivity index (χ0) is 26.1. The molecule has 9 nitrogen and oxygen atoms in total. The number of pyridine rings is 1. The second-order valence-electron chi connectivity index (χ2n) is 8.68. The number of aromatic nitrogens is 4. The van der Waals surface area contributed by atoms with Gasteiger partial charge in [-0.15, -0.1) is 0 Å². The number of nitrogens with zero attached hydrogens (tertiary/aromatic N) is 4. The molecule has 1 N–H and O–H groups in total. The Morgan fingerprint density at radius 2 is 1.97 bits per heavy atom. The second-order valence-corrected chi connectivity index (χ2v) is 9.44. The van der Waals surface area contributed by atoms with E-state index in [9.17, 15) is 4.79 Å². The summed E-state index contributed by atoms with van der Waals surface area (Å²) in [5, 5.41) is 4.79. The van der Waals surface area contributed by atoms with Crippen LogP contribution in [-0.4, -0.2) is 58.6 Å². The maximum absolute atomic E-state index is 12.0. The van der Waals surface area contributed by atoms with Crippen LogP contribution in [0.3, 0.4) is 0 Å². The molecule has 1 aliphatic heterocycles. The number of fused-ring (bicyclic) bond motifs is 3. The van der Waals surface area contributed by atoms with Crippen molar-refractivity contribution in [1.82, 2.24) is 19.4 Å². The fourth-order valence-corrected chi connectivity index (χ4v) is 5.34. The summed E-state index contributed by atoms with van der Waals surface area (Å²) in [5.74, 6) is 1.40. The molecule has 0 radical (unpaired) electrons. The number of hydrogen-bond acceptors (Lipinski definition) is 8. The summed E-state index contributed by atoms with van der Waals surface area (Å²) in [5.41, 5.74) is 2.46. The van der Waals surface area contributed by atoms with Crippen molar-refractivity contribution in [1.29, 1.82) is 0 Å². The van der Waals surface area contributed by atoms with E-state index in [1.54, 1.807) is 18.5 Å². The van der Waals surface area contributed by atoms with Crippen LogP contribution in [0.1, 0.15) is 12.8 Å². The van der Waals surface area contributed by atoms with Gasteiger partial charge in [-0.1, -0.05) is 29.8 Å². The van der Waals surface area contributed by atoms with Crippen LogP contribution in [0.2, 0.25) is 10.0 Å². The molecule has 1 aromatic carbocycles. The molecule has 1 saturated heterocycles. The summed E-state index contributed by atoms with van der Waals surface area (Å²) in [7, 11) is 3.06. The first-order valence-corrected chi connectivity index (χ1v) is 12.4. The predicted octanol–water partition coefficient (Wildman–Crippen LogP) is 5.23. The lowest BCUT2D eigenvalue weighted by molar-refractivity contribution is -0.116. The summed E-state index contributed by atoms with van der Waals surface area (Å²) < 4.78 is 18.4. The van der Waals surface area contributed by atoms with Crippen molar-refractivity contribution >= 4 is 51.6 Å². The van der Waals surface area contributed by atoms with Gasteiger partial charge in [-0.2, -0.15) is 4.98 Å². The Morgan fingerprint density at radius 3 is 2.68 bits per heavy atom. The van der Waals surface area contributed by atoms with E-state index in [1.807, 2.05) is 16.7 Å². The van der Waals surface area contributed by atoms with E-state index in [1.165, 1.54) is 20.3 Å². The zero-order valence-corrected chi connectivity index (χ0v) is 21.8. The van der Waals surface area contributed by atoms with Crippen LogP contribution in [0.15, 0.2) is 43.4 Å². The van der Waals surface area contributed by atoms with E-state index in [-0.39, 0.29) is 17.7 Å². The highest BCUT2D eigenvalue weighted by atomic mass is 35.5. The highest BCUT2D eigenvalue weighted by Gasteiger charge is 2.28. The van der Waals surface area contributed by atoms with Gasteiger partial charge in [0.05, 0.1) is 36.9 Å². The van der Waals surface area contributed by atoms with Crippen LogP contribution in [0, 0.1) is 5.92 Å². The Morgan fingerprint density at radius 1 is 1.22 bits per heavy atom. The average molecular weight is 542 g/mol. The molecule has 0 spiro atoms. The van der Waals surface area contributed by atoms with Crippen LogP contribution in [0.4, 0.5) is 5.95 Å². The number of anilines is 1. The molecule has 0 aliphatic carbocycles. The number of carbonyl (C=O) groups is 1. The molecule has 37 heavy (non-hydrogen) atoms. The first-order chi connectivity index (χ1) is 17.9. The quantitative estimate of drug-likeness (QED) is 0.302. The van der Waals surface area contributed by atoms with Crippen molar-refractivity contribution in [2.75, 3.05) is 32.8 Å². The van der Waals surface area contributed by atoms with Crippen LogP contribution >= 0.6 is 23.2 Å². The Hall–Kier alpha value is -3.40. The standard InChI is InChI=1S/C26H25Cl2N5O4/c1-4-16(34)9-14-5-8-37-13-18(14)31-26-30-12-15-10-17(25-29-6-7-33(25)24(15)32-26)21-22(27)19(35-2)11-20(36-3)23(21)28/h4,6-7,10-12,14,18H,1,5,8-9,13H2,2-3H3,(H,30,31,32)/t14-,18-/m1/s1. The van der Waals surface area contributed by atoms with Crippen molar-refractivity contribution in [3.63, 3.8) is 0 Å². The van der Waals surface area contributed by atoms with E-state index >= 15 is 0 Å². The number of nitrogens with one attached hydrogen (secondary N) is 1. The topological polar surface area (TPSA) is 99.9 Å². The van der Waals surface area contributed by atoms with Crippen LogP contribution < -0.4 is 14.8 Å². The molecule has 0 amide bonds. The Bertz CT molecular complexity index is 1480. The molecule has 0 unspecified atom stereocenters. The third-order valence-corrected chi connectivity index (χ3v) is 7.30. The van der Waals surface area contributed by atoms with Gasteiger partial charge in [-0.3, -0.25) is 9.20 Å². The molecule has 4 aromatic rings. The normalized spacial score (nSPS) is 17.6. The van der Waals surface area contributed by atoms with Crippen molar-refractivity contribution in [3.05, 3.63) is 53.4 Å². The molecular weight excluding hydrogens is 517 g/mol. The number of halogens is 2. The summed E-state index contributed by atoms with van der Waals surface area (Å²) in [4.78, 5) is 25.9. The molecule has 3 aromatic heterocycles. The summed E-state index contributed by atoms with van der Waals surface area (Å²) >= 11 is 13.4. The number of methoxy groups -OCH3 is 2. The Balaban J connectivity index is 1.58. The molecule has 11 heteroatoms. The van der Waals surface area contributed by atoms with Gasteiger partial charge < -0.3 is 19.5 Å². The maximum Gasteiger partial charge on any atom is 0.224 e. The van der Waals surface area contributed by atoms with Crippen LogP contribution in [0.25, 0.3) is 27.8 Å². The number of imidazole rings is 1. The van der Waals surface area contributed by atoms with E-state index in [0.717, 1.165) is 11.8 Å². The van der Waals surface area contributed by atoms with Gasteiger partial charge in [-0.05, 0) is 24.5 Å². The van der Waals surface area contributed by atoms with Gasteiger partial charge in [0.1, 0.15) is 17.1 Å². The molecular formula is C26H25Cl2N5O4. The number of ether oxygens (including phenoxy) is 3. The van der Waals surface area contributed by atoms with Crippen molar-refractivity contribution in [2.24, 2.45) is 5.92 Å². The Kier molecular flexibility index (Phi) is 7.19. The highest BCUT2D eigenvalue weighted by molar-refractivity contribution is 6.41. The maximum atomic E-state index is 12.0. The van der Waals surface area contributed by atoms with Gasteiger partial charge in [-0.25, -0.2) is 9.97 Å². The minimum atomic E-state index is -0.102. The lowest BCUT2D eigenvalue weighted by atomic mass is 9.90. The van der Waals surface area contributed by atoms with Crippen LogP contribution in [0.5, 0.6) is 11.5 Å². The second kappa shape index (κ2) is 10.5. The summed E-state index contributed by atoms with van der Waals surface area (Å²) in [6.45, 7) is 4.67. The summed E-state index contributed by atoms with van der Waals surface area (Å²) in [6.07, 6.45) is 7.75. The molecule has 2 atom stereocenters. The predicted molar refractivity (Wildman–Crippen MR) is 143 cm³/mol. The Labute approximate surface area is 223 Å². The smallest absolute Gasteiger partial charge is 0.224 e. The first kappa shape index (κ1) is 25.3. The molecule has 1 aliphatic rings. The monoisotopic (exact) mass is 541 g/mol. The lowest BCUT2D eigenvalue weighted by Crippen LogP contribution is -2.40. The van der Waals surface area contributed by atoms with E-state index < -0.39 is 0 Å².